The highest BCUT2D eigenvalue weighted by molar-refractivity contribution is 6.33. The van der Waals surface area contributed by atoms with Gasteiger partial charge in [0, 0.05) is 39.3 Å². The molecule has 5 nitrogen and oxygen atoms in total. The number of hydrogen-bond acceptors (Lipinski definition) is 3. The highest BCUT2D eigenvalue weighted by Gasteiger charge is 2.36. The molecule has 4 rings (SSSR count). The maximum absolute atomic E-state index is 13.1. The molecule has 7 heteroatoms. The Balaban J connectivity index is 1.36. The summed E-state index contributed by atoms with van der Waals surface area (Å²) in [6, 6.07) is 13.2. The predicted octanol–water partition coefficient (Wildman–Crippen LogP) is 3.43. The van der Waals surface area contributed by atoms with E-state index in [-0.39, 0.29) is 23.7 Å². The van der Waals surface area contributed by atoms with Crippen molar-refractivity contribution in [2.24, 2.45) is 0 Å². The lowest BCUT2D eigenvalue weighted by atomic mass is 10.2. The first-order valence-corrected chi connectivity index (χ1v) is 10.7. The molecule has 0 radical (unpaired) electrons. The number of amides is 2. The summed E-state index contributed by atoms with van der Waals surface area (Å²) in [5.41, 5.74) is 1.45. The molecular formula is C23H25ClFN3O2. The Morgan fingerprint density at radius 2 is 1.77 bits per heavy atom. The van der Waals surface area contributed by atoms with Gasteiger partial charge < -0.3 is 9.80 Å². The number of hydrogen-bond donors (Lipinski definition) is 0. The molecule has 0 unspecified atom stereocenters. The maximum atomic E-state index is 13.1. The van der Waals surface area contributed by atoms with Crippen LogP contribution in [0.3, 0.4) is 0 Å². The van der Waals surface area contributed by atoms with Crippen LogP contribution < -0.4 is 0 Å². The first kappa shape index (κ1) is 20.8. The zero-order valence-electron chi connectivity index (χ0n) is 16.8. The smallest absolute Gasteiger partial charge is 0.255 e. The van der Waals surface area contributed by atoms with Crippen LogP contribution in [0.2, 0.25) is 5.02 Å². The molecular weight excluding hydrogens is 405 g/mol. The van der Waals surface area contributed by atoms with Crippen molar-refractivity contribution in [3.63, 3.8) is 0 Å². The molecule has 2 amide bonds. The van der Waals surface area contributed by atoms with Crippen LogP contribution in [0.15, 0.2) is 48.5 Å². The van der Waals surface area contributed by atoms with E-state index < -0.39 is 0 Å². The Morgan fingerprint density at radius 1 is 1.00 bits per heavy atom. The van der Waals surface area contributed by atoms with Gasteiger partial charge in [-0.15, -0.1) is 0 Å². The summed E-state index contributed by atoms with van der Waals surface area (Å²) in [6.45, 7) is 3.87. The number of benzene rings is 2. The topological polar surface area (TPSA) is 43.9 Å². The molecule has 30 heavy (non-hydrogen) atoms. The molecule has 0 spiro atoms. The van der Waals surface area contributed by atoms with Crippen LogP contribution in [0.25, 0.3) is 0 Å². The van der Waals surface area contributed by atoms with Crippen LogP contribution in [-0.4, -0.2) is 65.3 Å². The monoisotopic (exact) mass is 429 g/mol. The lowest BCUT2D eigenvalue weighted by molar-refractivity contribution is -0.132. The molecule has 2 aliphatic heterocycles. The van der Waals surface area contributed by atoms with E-state index in [1.807, 2.05) is 21.9 Å². The van der Waals surface area contributed by atoms with E-state index in [2.05, 4.69) is 4.90 Å². The van der Waals surface area contributed by atoms with Crippen molar-refractivity contribution in [2.45, 2.75) is 25.4 Å². The fraction of sp³-hybridized carbons (Fsp3) is 0.391. The quantitative estimate of drug-likeness (QED) is 0.748. The second-order valence-corrected chi connectivity index (χ2v) is 8.26. The lowest BCUT2D eigenvalue weighted by Crippen LogP contribution is -2.44. The zero-order valence-corrected chi connectivity index (χ0v) is 17.5. The summed E-state index contributed by atoms with van der Waals surface area (Å²) in [5, 5.41) is 0.464. The van der Waals surface area contributed by atoms with E-state index in [1.165, 1.54) is 12.1 Å². The number of nitrogens with zero attached hydrogens (tertiary/aromatic N) is 3. The van der Waals surface area contributed by atoms with Crippen LogP contribution in [-0.2, 0) is 11.3 Å². The fourth-order valence-electron chi connectivity index (χ4n) is 4.29. The van der Waals surface area contributed by atoms with E-state index in [9.17, 15) is 14.0 Å². The summed E-state index contributed by atoms with van der Waals surface area (Å²) >= 11 is 6.19. The second-order valence-electron chi connectivity index (χ2n) is 7.85. The summed E-state index contributed by atoms with van der Waals surface area (Å²) < 4.78 is 13.1. The zero-order chi connectivity index (χ0) is 21.1. The number of halogens is 2. The molecule has 158 valence electrons. The standard InChI is InChI=1S/C23H25ClFN3O2/c24-20-5-2-1-4-19(20)22(29)27-12-3-11-26(14-15-27)21-10-13-28(23(21)30)16-17-6-8-18(25)9-7-17/h1-2,4-9,21H,3,10-16H2/t21-/m1/s1. The molecule has 0 N–H and O–H groups in total. The van der Waals surface area contributed by atoms with Crippen molar-refractivity contribution in [3.8, 4) is 0 Å². The highest BCUT2D eigenvalue weighted by atomic mass is 35.5. The molecule has 0 aromatic heterocycles. The maximum Gasteiger partial charge on any atom is 0.255 e. The minimum Gasteiger partial charge on any atom is -0.337 e. The van der Waals surface area contributed by atoms with Gasteiger partial charge in [0.25, 0.3) is 5.91 Å². The second kappa shape index (κ2) is 9.14. The van der Waals surface area contributed by atoms with Gasteiger partial charge in [-0.1, -0.05) is 35.9 Å². The van der Waals surface area contributed by atoms with Gasteiger partial charge in [-0.25, -0.2) is 4.39 Å². The molecule has 2 saturated heterocycles. The lowest BCUT2D eigenvalue weighted by Gasteiger charge is -2.27. The van der Waals surface area contributed by atoms with Gasteiger partial charge in [-0.3, -0.25) is 14.5 Å². The Kier molecular flexibility index (Phi) is 6.35. The van der Waals surface area contributed by atoms with E-state index in [0.717, 1.165) is 24.9 Å². The normalized spacial score (nSPS) is 20.5. The van der Waals surface area contributed by atoms with Crippen LogP contribution >= 0.6 is 11.6 Å². The Hall–Kier alpha value is -2.44. The first-order valence-electron chi connectivity index (χ1n) is 10.3. The molecule has 0 bridgehead atoms. The molecule has 2 aliphatic rings. The van der Waals surface area contributed by atoms with Gasteiger partial charge in [0.1, 0.15) is 5.82 Å². The van der Waals surface area contributed by atoms with Gasteiger partial charge in [-0.05, 0) is 42.7 Å². The average Bonchev–Trinajstić information content (AvgIpc) is 2.95. The van der Waals surface area contributed by atoms with Gasteiger partial charge in [0.05, 0.1) is 16.6 Å². The first-order chi connectivity index (χ1) is 14.5. The minimum atomic E-state index is -0.273. The largest absolute Gasteiger partial charge is 0.337 e. The molecule has 0 saturated carbocycles. The number of likely N-dealkylation sites (tertiary alicyclic amines) is 1. The molecule has 1 atom stereocenters. The van der Waals surface area contributed by atoms with Crippen LogP contribution in [0.1, 0.15) is 28.8 Å². The van der Waals surface area contributed by atoms with Gasteiger partial charge in [-0.2, -0.15) is 0 Å². The van der Waals surface area contributed by atoms with Crippen LogP contribution in [0, 0.1) is 5.82 Å². The van der Waals surface area contributed by atoms with Crippen molar-refractivity contribution in [1.82, 2.24) is 14.7 Å². The summed E-state index contributed by atoms with van der Waals surface area (Å²) in [4.78, 5) is 31.7. The molecule has 2 heterocycles. The third-order valence-electron chi connectivity index (χ3n) is 5.92. The van der Waals surface area contributed by atoms with E-state index in [1.54, 1.807) is 24.3 Å². The fourth-order valence-corrected chi connectivity index (χ4v) is 4.50. The van der Waals surface area contributed by atoms with E-state index >= 15 is 0 Å². The summed E-state index contributed by atoms with van der Waals surface area (Å²) in [5.74, 6) is -0.215. The van der Waals surface area contributed by atoms with Crippen molar-refractivity contribution < 1.29 is 14.0 Å². The van der Waals surface area contributed by atoms with E-state index in [0.29, 0.717) is 43.3 Å². The number of carbonyl (C=O) groups excluding carboxylic acids is 2. The SMILES string of the molecule is O=C(c1ccccc1Cl)N1CCCN([C@@H]2CCN(Cc3ccc(F)cc3)C2=O)CC1. The molecule has 0 aliphatic carbocycles. The molecule has 2 fully saturated rings. The van der Waals surface area contributed by atoms with Gasteiger partial charge >= 0.3 is 0 Å². The summed E-state index contributed by atoms with van der Waals surface area (Å²) in [7, 11) is 0. The van der Waals surface area contributed by atoms with Gasteiger partial charge in [0.2, 0.25) is 5.91 Å². The van der Waals surface area contributed by atoms with E-state index in [4.69, 9.17) is 11.6 Å². The van der Waals surface area contributed by atoms with Crippen LogP contribution in [0.5, 0.6) is 0 Å². The number of rotatable bonds is 4. The van der Waals surface area contributed by atoms with Crippen LogP contribution in [0.4, 0.5) is 4.39 Å². The van der Waals surface area contributed by atoms with Crippen molar-refractivity contribution in [3.05, 3.63) is 70.5 Å². The van der Waals surface area contributed by atoms with Crippen molar-refractivity contribution in [2.75, 3.05) is 32.7 Å². The average molecular weight is 430 g/mol. The van der Waals surface area contributed by atoms with Gasteiger partial charge in [0.15, 0.2) is 0 Å². The van der Waals surface area contributed by atoms with Crippen molar-refractivity contribution in [1.29, 1.82) is 0 Å². The molecule has 2 aromatic rings. The Bertz CT molecular complexity index is 921. The minimum absolute atomic E-state index is 0.0573. The Morgan fingerprint density at radius 3 is 2.53 bits per heavy atom. The molecule has 2 aromatic carbocycles. The summed E-state index contributed by atoms with van der Waals surface area (Å²) in [6.07, 6.45) is 1.59. The van der Waals surface area contributed by atoms with Crippen molar-refractivity contribution >= 4 is 23.4 Å². The third kappa shape index (κ3) is 4.50. The number of carbonyl (C=O) groups is 2. The Labute approximate surface area is 181 Å². The third-order valence-corrected chi connectivity index (χ3v) is 6.25. The predicted molar refractivity (Wildman–Crippen MR) is 114 cm³/mol. The highest BCUT2D eigenvalue weighted by Crippen LogP contribution is 2.23.